The number of fused-ring (bicyclic) bond motifs is 1. The first-order valence-electron chi connectivity index (χ1n) is 7.94. The van der Waals surface area contributed by atoms with E-state index in [2.05, 4.69) is 28.5 Å². The molecule has 3 rings (SSSR count). The topological polar surface area (TPSA) is 107 Å². The van der Waals surface area contributed by atoms with E-state index in [9.17, 15) is 14.4 Å². The number of nitrogens with one attached hydrogen (secondary N) is 2. The quantitative estimate of drug-likeness (QED) is 0.727. The number of allylic oxidation sites excluding steroid dienone is 1. The fourth-order valence-corrected chi connectivity index (χ4v) is 3.45. The Balaban J connectivity index is 2.16. The molecule has 1 amide bonds. The summed E-state index contributed by atoms with van der Waals surface area (Å²) >= 11 is 0. The molecule has 0 atom stereocenters. The van der Waals surface area contributed by atoms with Crippen LogP contribution in [0.1, 0.15) is 30.1 Å². The first kappa shape index (κ1) is 16.9. The lowest BCUT2D eigenvalue weighted by molar-refractivity contribution is 0.100. The molecule has 0 aromatic heterocycles. The van der Waals surface area contributed by atoms with Crippen LogP contribution in [0.5, 0.6) is 0 Å². The molecule has 2 aliphatic heterocycles. The molecule has 0 aliphatic carbocycles. The molecule has 130 valence electrons. The zero-order valence-electron chi connectivity index (χ0n) is 13.9. The van der Waals surface area contributed by atoms with E-state index in [1.165, 1.54) is 11.1 Å². The molecule has 2 aliphatic rings. The number of piperidine rings is 1. The van der Waals surface area contributed by atoms with E-state index in [4.69, 9.17) is 5.73 Å². The number of hydrazone groups is 1. The number of primary amides is 1. The van der Waals surface area contributed by atoms with Crippen molar-refractivity contribution in [2.24, 2.45) is 16.3 Å². The van der Waals surface area contributed by atoms with Crippen LogP contribution in [-0.2, 0) is 0 Å². The number of carbonyl (C=O) groups is 1. The van der Waals surface area contributed by atoms with Gasteiger partial charge in [-0.05, 0) is 50.6 Å². The molecule has 0 saturated carbocycles. The summed E-state index contributed by atoms with van der Waals surface area (Å²) in [6, 6.07) is 4.76. The number of anilines is 2. The van der Waals surface area contributed by atoms with Crippen LogP contribution in [0.4, 0.5) is 15.8 Å². The van der Waals surface area contributed by atoms with E-state index in [1.54, 1.807) is 0 Å². The number of rotatable bonds is 3. The summed E-state index contributed by atoms with van der Waals surface area (Å²) < 4.78 is 13.8. The van der Waals surface area contributed by atoms with E-state index in [-0.39, 0.29) is 5.56 Å². The van der Waals surface area contributed by atoms with E-state index < -0.39 is 17.1 Å². The maximum absolute atomic E-state index is 13.8. The minimum absolute atomic E-state index is 0.00835. The number of hydrogen-bond acceptors (Lipinski definition) is 6. The van der Waals surface area contributed by atoms with E-state index in [1.807, 2.05) is 6.92 Å². The SMILES string of the molecule is C=NN1/C(=C(\C)C2(C#N)CCNCC2)Nc2cc(F)cc(C(N)=O)c21. The third-order valence-corrected chi connectivity index (χ3v) is 4.90. The fraction of sp³-hybridized carbons (Fsp3) is 0.353. The number of carbonyl (C=O) groups excluding carboxylic acids is 1. The summed E-state index contributed by atoms with van der Waals surface area (Å²) in [5.74, 6) is -0.830. The zero-order valence-corrected chi connectivity index (χ0v) is 13.9. The second-order valence-electron chi connectivity index (χ2n) is 6.21. The maximum Gasteiger partial charge on any atom is 0.251 e. The highest BCUT2D eigenvalue weighted by Crippen LogP contribution is 2.45. The summed E-state index contributed by atoms with van der Waals surface area (Å²) in [6.45, 7) is 6.86. The first-order chi connectivity index (χ1) is 11.9. The van der Waals surface area contributed by atoms with Gasteiger partial charge in [-0.15, -0.1) is 0 Å². The van der Waals surface area contributed by atoms with Gasteiger partial charge in [0.25, 0.3) is 5.91 Å². The van der Waals surface area contributed by atoms with Gasteiger partial charge in [0.1, 0.15) is 17.3 Å². The Bertz CT molecular complexity index is 819. The van der Waals surface area contributed by atoms with Gasteiger partial charge >= 0.3 is 0 Å². The van der Waals surface area contributed by atoms with Crippen molar-refractivity contribution in [1.29, 1.82) is 5.26 Å². The number of halogens is 1. The Morgan fingerprint density at radius 2 is 2.16 bits per heavy atom. The number of hydrogen-bond donors (Lipinski definition) is 3. The van der Waals surface area contributed by atoms with Gasteiger partial charge in [0, 0.05) is 6.72 Å². The van der Waals surface area contributed by atoms with Gasteiger partial charge in [-0.2, -0.15) is 10.4 Å². The minimum atomic E-state index is -0.762. The Kier molecular flexibility index (Phi) is 4.18. The van der Waals surface area contributed by atoms with Crippen molar-refractivity contribution >= 4 is 24.0 Å². The van der Waals surface area contributed by atoms with Crippen molar-refractivity contribution in [3.8, 4) is 6.07 Å². The van der Waals surface area contributed by atoms with Crippen LogP contribution in [0.3, 0.4) is 0 Å². The summed E-state index contributed by atoms with van der Waals surface area (Å²) in [4.78, 5) is 11.7. The van der Waals surface area contributed by atoms with Crippen LogP contribution >= 0.6 is 0 Å². The van der Waals surface area contributed by atoms with E-state index >= 15 is 0 Å². The Morgan fingerprint density at radius 1 is 1.48 bits per heavy atom. The van der Waals surface area contributed by atoms with Crippen molar-refractivity contribution in [3.05, 3.63) is 34.9 Å². The average molecular weight is 342 g/mol. The zero-order chi connectivity index (χ0) is 18.2. The molecule has 0 unspecified atom stereocenters. The van der Waals surface area contributed by atoms with Gasteiger partial charge in [-0.3, -0.25) is 4.79 Å². The molecule has 0 spiro atoms. The molecule has 25 heavy (non-hydrogen) atoms. The number of benzene rings is 1. The molecule has 4 N–H and O–H groups in total. The highest BCUT2D eigenvalue weighted by atomic mass is 19.1. The van der Waals surface area contributed by atoms with Crippen LogP contribution in [0.25, 0.3) is 0 Å². The molecular formula is C17H19FN6O. The van der Waals surface area contributed by atoms with Gasteiger partial charge in [-0.25, -0.2) is 9.40 Å². The van der Waals surface area contributed by atoms with E-state index in [0.717, 1.165) is 24.7 Å². The molecule has 0 bridgehead atoms. The number of nitrogens with two attached hydrogens (primary N) is 1. The molecule has 1 aromatic rings. The smallest absolute Gasteiger partial charge is 0.251 e. The maximum atomic E-state index is 13.8. The molecule has 7 nitrogen and oxygen atoms in total. The van der Waals surface area contributed by atoms with Crippen LogP contribution in [0, 0.1) is 22.6 Å². The Morgan fingerprint density at radius 3 is 2.72 bits per heavy atom. The lowest BCUT2D eigenvalue weighted by atomic mass is 9.74. The van der Waals surface area contributed by atoms with Gasteiger partial charge < -0.3 is 16.4 Å². The van der Waals surface area contributed by atoms with Crippen LogP contribution in [-0.4, -0.2) is 25.7 Å². The molecule has 1 fully saturated rings. The van der Waals surface area contributed by atoms with Crippen molar-refractivity contribution in [1.82, 2.24) is 5.32 Å². The molecule has 2 heterocycles. The third kappa shape index (κ3) is 2.62. The van der Waals surface area contributed by atoms with Gasteiger partial charge in [-0.1, -0.05) is 0 Å². The predicted molar refractivity (Wildman–Crippen MR) is 93.4 cm³/mol. The lowest BCUT2D eigenvalue weighted by Crippen LogP contribution is -2.38. The monoisotopic (exact) mass is 342 g/mol. The van der Waals surface area contributed by atoms with Gasteiger partial charge in [0.2, 0.25) is 0 Å². The molecule has 1 saturated heterocycles. The summed E-state index contributed by atoms with van der Waals surface area (Å²) in [7, 11) is 0. The summed E-state index contributed by atoms with van der Waals surface area (Å²) in [6.07, 6.45) is 1.30. The highest BCUT2D eigenvalue weighted by molar-refractivity contribution is 6.04. The molecule has 0 radical (unpaired) electrons. The average Bonchev–Trinajstić information content (AvgIpc) is 2.98. The second kappa shape index (κ2) is 6.18. The first-order valence-corrected chi connectivity index (χ1v) is 7.94. The fourth-order valence-electron chi connectivity index (χ4n) is 3.45. The molecule has 1 aromatic carbocycles. The van der Waals surface area contributed by atoms with Crippen LogP contribution in [0.15, 0.2) is 28.6 Å². The standard InChI is InChI=1S/C17H19FN6O/c1-10(17(9-19)3-5-22-6-4-17)16-23-13-8-11(18)7-12(15(20)25)14(13)24(16)21-2/h7-8,22-23H,2-6H2,1H3,(H2,20,25)/b16-10+. The normalized spacial score (nSPS) is 20.3. The van der Waals surface area contributed by atoms with Crippen molar-refractivity contribution in [2.75, 3.05) is 23.4 Å². The van der Waals surface area contributed by atoms with Gasteiger partial charge in [0.15, 0.2) is 0 Å². The minimum Gasteiger partial charge on any atom is -0.366 e. The van der Waals surface area contributed by atoms with Crippen LogP contribution in [0.2, 0.25) is 0 Å². The largest absolute Gasteiger partial charge is 0.366 e. The Hall–Kier alpha value is -2.92. The van der Waals surface area contributed by atoms with E-state index in [0.29, 0.717) is 30.0 Å². The van der Waals surface area contributed by atoms with Crippen molar-refractivity contribution < 1.29 is 9.18 Å². The van der Waals surface area contributed by atoms with Gasteiger partial charge in [0.05, 0.1) is 22.7 Å². The predicted octanol–water partition coefficient (Wildman–Crippen LogP) is 1.90. The number of amides is 1. The summed E-state index contributed by atoms with van der Waals surface area (Å²) in [5, 5.41) is 21.5. The second-order valence-corrected chi connectivity index (χ2v) is 6.21. The van der Waals surface area contributed by atoms with Crippen LogP contribution < -0.4 is 21.4 Å². The Labute approximate surface area is 145 Å². The molecular weight excluding hydrogens is 323 g/mol. The number of nitrogens with zero attached hydrogens (tertiary/aromatic N) is 3. The number of nitriles is 1. The highest BCUT2D eigenvalue weighted by Gasteiger charge is 2.40. The third-order valence-electron chi connectivity index (χ3n) is 4.90. The molecule has 8 heteroatoms. The van der Waals surface area contributed by atoms with Crippen molar-refractivity contribution in [2.45, 2.75) is 19.8 Å². The lowest BCUT2D eigenvalue weighted by Gasteiger charge is -2.33. The van der Waals surface area contributed by atoms with Crippen molar-refractivity contribution in [3.63, 3.8) is 0 Å². The summed E-state index contributed by atoms with van der Waals surface area (Å²) in [5.41, 5.74) is 6.23.